The number of rotatable bonds is 15. The summed E-state index contributed by atoms with van der Waals surface area (Å²) in [6.07, 6.45) is 23.9. The van der Waals surface area contributed by atoms with Crippen LogP contribution in [0.2, 0.25) is 0 Å². The van der Waals surface area contributed by atoms with Gasteiger partial charge in [0, 0.05) is 33.2 Å². The zero-order valence-electron chi connectivity index (χ0n) is 35.2. The number of piperidine rings is 3. The molecule has 0 aromatic heterocycles. The van der Waals surface area contributed by atoms with Crippen molar-refractivity contribution in [3.63, 3.8) is 0 Å². The molecular weight excluding hydrogens is 571 g/mol. The molecule has 3 heterocycles. The molecule has 0 radical (unpaired) electrons. The van der Waals surface area contributed by atoms with Gasteiger partial charge in [-0.3, -0.25) is 14.7 Å². The maximum Gasteiger partial charge on any atom is 0.0158 e. The highest BCUT2D eigenvalue weighted by Gasteiger charge is 2.52. The minimum atomic E-state index is 0.240. The standard InChI is InChI=1S/C44H87N3/c1-17-18-19-20-21-22-23-24-25-26-37(35-30-41(6,7)46(15)42(8,9)31-35)38(36-32-43(10,11)47(16)44(12,13)33-36)27-34-28-39(2,3)45(14)40(4,5)29-34/h34-38H,17-33H2,1-16H3. The van der Waals surface area contributed by atoms with Crippen LogP contribution in [0, 0.1) is 29.6 Å². The second kappa shape index (κ2) is 15.6. The molecule has 0 N–H and O–H groups in total. The molecule has 0 saturated carbocycles. The highest BCUT2D eigenvalue weighted by Crippen LogP contribution is 2.54. The Morgan fingerprint density at radius 3 is 1.09 bits per heavy atom. The fourth-order valence-corrected chi connectivity index (χ4v) is 11.8. The highest BCUT2D eigenvalue weighted by molar-refractivity contribution is 5.06. The van der Waals surface area contributed by atoms with E-state index in [1.54, 1.807) is 0 Å². The summed E-state index contributed by atoms with van der Waals surface area (Å²) in [5, 5.41) is 0. The van der Waals surface area contributed by atoms with Crippen LogP contribution >= 0.6 is 0 Å². The Morgan fingerprint density at radius 1 is 0.426 bits per heavy atom. The molecule has 2 atom stereocenters. The van der Waals surface area contributed by atoms with E-state index in [-0.39, 0.29) is 33.2 Å². The van der Waals surface area contributed by atoms with Gasteiger partial charge in [0.1, 0.15) is 0 Å². The van der Waals surface area contributed by atoms with Crippen molar-refractivity contribution in [3.8, 4) is 0 Å². The van der Waals surface area contributed by atoms with Crippen LogP contribution in [-0.2, 0) is 0 Å². The highest BCUT2D eigenvalue weighted by atomic mass is 15.2. The van der Waals surface area contributed by atoms with E-state index in [4.69, 9.17) is 0 Å². The number of nitrogens with zero attached hydrogens (tertiary/aromatic N) is 3. The maximum atomic E-state index is 2.73. The molecule has 3 saturated heterocycles. The van der Waals surface area contributed by atoms with Crippen LogP contribution in [0.25, 0.3) is 0 Å². The Kier molecular flexibility index (Phi) is 13.7. The van der Waals surface area contributed by atoms with E-state index in [1.165, 1.54) is 109 Å². The van der Waals surface area contributed by atoms with Gasteiger partial charge in [-0.15, -0.1) is 0 Å². The average molecular weight is 658 g/mol. The number of unbranched alkanes of at least 4 members (excludes halogenated alkanes) is 8. The Labute approximate surface area is 297 Å². The van der Waals surface area contributed by atoms with Crippen molar-refractivity contribution in [1.82, 2.24) is 14.7 Å². The third-order valence-electron chi connectivity index (χ3n) is 15.1. The lowest BCUT2D eigenvalue weighted by atomic mass is 9.57. The molecule has 47 heavy (non-hydrogen) atoms. The molecule has 3 aliphatic heterocycles. The van der Waals surface area contributed by atoms with Gasteiger partial charge >= 0.3 is 0 Å². The van der Waals surface area contributed by atoms with Crippen LogP contribution in [0.4, 0.5) is 0 Å². The van der Waals surface area contributed by atoms with Crippen LogP contribution in [0.5, 0.6) is 0 Å². The Balaban J connectivity index is 1.97. The summed E-state index contributed by atoms with van der Waals surface area (Å²) >= 11 is 0. The topological polar surface area (TPSA) is 9.72 Å². The lowest BCUT2D eigenvalue weighted by molar-refractivity contribution is -0.0918. The average Bonchev–Trinajstić information content (AvgIpc) is 2.92. The smallest absolute Gasteiger partial charge is 0.0158 e. The van der Waals surface area contributed by atoms with Gasteiger partial charge in [0.25, 0.3) is 0 Å². The second-order valence-electron chi connectivity index (χ2n) is 21.3. The molecule has 0 spiro atoms. The van der Waals surface area contributed by atoms with Crippen molar-refractivity contribution < 1.29 is 0 Å². The third-order valence-corrected chi connectivity index (χ3v) is 15.1. The van der Waals surface area contributed by atoms with E-state index in [0.29, 0.717) is 0 Å². The summed E-state index contributed by atoms with van der Waals surface area (Å²) in [5.74, 6) is 4.07. The van der Waals surface area contributed by atoms with Gasteiger partial charge < -0.3 is 0 Å². The quantitative estimate of drug-likeness (QED) is 0.162. The first kappa shape index (κ1) is 41.3. The lowest BCUT2D eigenvalue weighted by Gasteiger charge is -2.59. The van der Waals surface area contributed by atoms with Crippen LogP contribution in [-0.4, -0.2) is 69.1 Å². The second-order valence-corrected chi connectivity index (χ2v) is 21.3. The summed E-state index contributed by atoms with van der Waals surface area (Å²) in [4.78, 5) is 8.16. The molecule has 3 aliphatic rings. The SMILES string of the molecule is CCCCCCCCCCCC(C1CC(C)(C)N(C)C(C)(C)C1)C(CC1CC(C)(C)N(C)C(C)(C)C1)C1CC(C)(C)N(C)C(C)(C)C1. The molecule has 3 heteroatoms. The monoisotopic (exact) mass is 658 g/mol. The Bertz CT molecular complexity index is 903. The van der Waals surface area contributed by atoms with Gasteiger partial charge in [0.05, 0.1) is 0 Å². The van der Waals surface area contributed by atoms with Crippen molar-refractivity contribution in [2.24, 2.45) is 29.6 Å². The van der Waals surface area contributed by atoms with Crippen molar-refractivity contribution in [2.45, 2.75) is 232 Å². The molecule has 0 aromatic rings. The fraction of sp³-hybridized carbons (Fsp3) is 1.00. The predicted octanol–water partition coefficient (Wildman–Crippen LogP) is 12.2. The molecule has 0 aromatic carbocycles. The molecule has 3 fully saturated rings. The Hall–Kier alpha value is -0.120. The first-order valence-corrected chi connectivity index (χ1v) is 20.7. The molecule has 3 rings (SSSR count). The first-order valence-electron chi connectivity index (χ1n) is 20.7. The third kappa shape index (κ3) is 10.2. The molecular formula is C44H87N3. The molecule has 0 amide bonds. The number of hydrogen-bond donors (Lipinski definition) is 0. The minimum absolute atomic E-state index is 0.240. The fourth-order valence-electron chi connectivity index (χ4n) is 11.8. The zero-order chi connectivity index (χ0) is 35.6. The molecule has 278 valence electrons. The van der Waals surface area contributed by atoms with E-state index in [9.17, 15) is 0 Å². The number of hydrogen-bond acceptors (Lipinski definition) is 3. The van der Waals surface area contributed by atoms with Crippen LogP contribution in [0.3, 0.4) is 0 Å². The number of likely N-dealkylation sites (tertiary alicyclic amines) is 3. The van der Waals surface area contributed by atoms with Gasteiger partial charge in [-0.2, -0.15) is 0 Å². The Morgan fingerprint density at radius 2 is 0.723 bits per heavy atom. The van der Waals surface area contributed by atoms with Crippen molar-refractivity contribution in [3.05, 3.63) is 0 Å². The summed E-state index contributed by atoms with van der Waals surface area (Å²) in [7, 11) is 7.22. The van der Waals surface area contributed by atoms with Crippen LogP contribution in [0.15, 0.2) is 0 Å². The van der Waals surface area contributed by atoms with Gasteiger partial charge in [0.2, 0.25) is 0 Å². The van der Waals surface area contributed by atoms with Crippen molar-refractivity contribution in [2.75, 3.05) is 21.1 Å². The summed E-state index contributed by atoms with van der Waals surface area (Å²) in [6, 6.07) is 0. The van der Waals surface area contributed by atoms with E-state index < -0.39 is 0 Å². The van der Waals surface area contributed by atoms with Crippen LogP contribution in [0.1, 0.15) is 199 Å². The maximum absolute atomic E-state index is 2.73. The van der Waals surface area contributed by atoms with Gasteiger partial charge in [0.15, 0.2) is 0 Å². The van der Waals surface area contributed by atoms with Gasteiger partial charge in [-0.1, -0.05) is 64.7 Å². The summed E-state index contributed by atoms with van der Waals surface area (Å²) in [5.41, 5.74) is 1.49. The predicted molar refractivity (Wildman–Crippen MR) is 209 cm³/mol. The first-order chi connectivity index (χ1) is 21.5. The normalized spacial score (nSPS) is 28.3. The van der Waals surface area contributed by atoms with Gasteiger partial charge in [-0.25, -0.2) is 0 Å². The molecule has 2 unspecified atom stereocenters. The minimum Gasteiger partial charge on any atom is -0.296 e. The van der Waals surface area contributed by atoms with E-state index in [2.05, 4.69) is 126 Å². The molecule has 0 bridgehead atoms. The molecule has 3 nitrogen and oxygen atoms in total. The van der Waals surface area contributed by atoms with Crippen molar-refractivity contribution >= 4 is 0 Å². The van der Waals surface area contributed by atoms with E-state index >= 15 is 0 Å². The summed E-state index contributed by atoms with van der Waals surface area (Å²) < 4.78 is 0. The van der Waals surface area contributed by atoms with Crippen molar-refractivity contribution in [1.29, 1.82) is 0 Å². The van der Waals surface area contributed by atoms with Crippen LogP contribution < -0.4 is 0 Å². The largest absolute Gasteiger partial charge is 0.296 e. The zero-order valence-corrected chi connectivity index (χ0v) is 35.2. The summed E-state index contributed by atoms with van der Waals surface area (Å²) in [6.45, 7) is 32.9. The van der Waals surface area contributed by atoms with Gasteiger partial charge in [-0.05, 0) is 185 Å². The lowest BCUT2D eigenvalue weighted by Crippen LogP contribution is -2.62. The van der Waals surface area contributed by atoms with E-state index in [0.717, 1.165) is 29.6 Å². The van der Waals surface area contributed by atoms with E-state index in [1.807, 2.05) is 0 Å². The molecule has 0 aliphatic carbocycles.